The molecule has 148 valence electrons. The number of rotatable bonds is 2. The van der Waals surface area contributed by atoms with Crippen molar-refractivity contribution in [2.24, 2.45) is 0 Å². The smallest absolute Gasteiger partial charge is 0.227 e. The van der Waals surface area contributed by atoms with E-state index in [0.29, 0.717) is 5.89 Å². The number of thiazole rings is 1. The lowest BCUT2D eigenvalue weighted by molar-refractivity contribution is 0.302. The van der Waals surface area contributed by atoms with E-state index in [1.54, 1.807) is 23.1 Å². The van der Waals surface area contributed by atoms with Crippen LogP contribution in [0.5, 0.6) is 5.75 Å². The van der Waals surface area contributed by atoms with E-state index < -0.39 is 0 Å². The number of nitrogens with zero attached hydrogens (tertiary/aromatic N) is 2. The van der Waals surface area contributed by atoms with Crippen molar-refractivity contribution in [1.29, 1.82) is 0 Å². The quantitative estimate of drug-likeness (QED) is 0.296. The van der Waals surface area contributed by atoms with E-state index in [4.69, 9.17) is 14.1 Å². The van der Waals surface area contributed by atoms with Gasteiger partial charge in [-0.1, -0.05) is 23.9 Å². The third-order valence-corrected chi connectivity index (χ3v) is 7.70. The predicted molar refractivity (Wildman–Crippen MR) is 123 cm³/mol. The zero-order chi connectivity index (χ0) is 20.4. The lowest BCUT2D eigenvalue weighted by atomic mass is 10.1. The van der Waals surface area contributed by atoms with Crippen LogP contribution in [-0.4, -0.2) is 9.97 Å². The summed E-state index contributed by atoms with van der Waals surface area (Å²) in [4.78, 5) is 10.4. The molecule has 5 aromatic rings. The maximum absolute atomic E-state index is 6.32. The van der Waals surface area contributed by atoms with Crippen molar-refractivity contribution in [3.05, 3.63) is 70.2 Å². The highest BCUT2D eigenvalue weighted by Gasteiger charge is 2.29. The second-order valence-electron chi connectivity index (χ2n) is 7.61. The van der Waals surface area contributed by atoms with Crippen LogP contribution in [0.25, 0.3) is 32.8 Å². The van der Waals surface area contributed by atoms with Gasteiger partial charge < -0.3 is 9.15 Å². The molecule has 1 atom stereocenters. The number of fused-ring (bicyclic) bond motifs is 3. The first-order valence-electron chi connectivity index (χ1n) is 9.75. The van der Waals surface area contributed by atoms with Crippen molar-refractivity contribution in [1.82, 2.24) is 9.97 Å². The van der Waals surface area contributed by atoms with Crippen LogP contribution in [0.2, 0.25) is 0 Å². The molecular weight excluding hydrogens is 412 g/mol. The molecule has 1 aliphatic rings. The van der Waals surface area contributed by atoms with E-state index >= 15 is 0 Å². The van der Waals surface area contributed by atoms with Gasteiger partial charge in [-0.25, -0.2) is 9.97 Å². The molecule has 1 aliphatic heterocycles. The standard InChI is InChI=1S/C24H18N2O2S2/c1-12-5-4-6-17-20(12)26-23(27-17)16-7-8-18-22(14(16)3)30-24(28-18)15-9-13(2)21-19(10-15)29-11-25-21/h4-11,24H,1-3H3. The molecule has 1 unspecified atom stereocenters. The fourth-order valence-corrected chi connectivity index (χ4v) is 5.98. The van der Waals surface area contributed by atoms with Crippen LogP contribution in [0, 0.1) is 20.8 Å². The Morgan fingerprint density at radius 2 is 1.87 bits per heavy atom. The Bertz CT molecular complexity index is 1450. The van der Waals surface area contributed by atoms with E-state index in [1.165, 1.54) is 15.8 Å². The molecule has 30 heavy (non-hydrogen) atoms. The second kappa shape index (κ2) is 6.59. The molecule has 0 radical (unpaired) electrons. The van der Waals surface area contributed by atoms with Crippen molar-refractivity contribution >= 4 is 44.4 Å². The number of aryl methyl sites for hydroxylation is 2. The monoisotopic (exact) mass is 430 g/mol. The van der Waals surface area contributed by atoms with Crippen LogP contribution >= 0.6 is 23.1 Å². The Morgan fingerprint density at radius 1 is 0.967 bits per heavy atom. The van der Waals surface area contributed by atoms with E-state index in [-0.39, 0.29) is 5.44 Å². The second-order valence-corrected chi connectivity index (χ2v) is 9.57. The lowest BCUT2D eigenvalue weighted by Gasteiger charge is -2.11. The number of ether oxygens (including phenoxy) is 1. The summed E-state index contributed by atoms with van der Waals surface area (Å²) in [7, 11) is 0. The summed E-state index contributed by atoms with van der Waals surface area (Å²) < 4.78 is 13.6. The first-order chi connectivity index (χ1) is 14.6. The van der Waals surface area contributed by atoms with Crippen LogP contribution in [-0.2, 0) is 0 Å². The van der Waals surface area contributed by atoms with Crippen molar-refractivity contribution in [2.75, 3.05) is 0 Å². The minimum absolute atomic E-state index is 0.0648. The minimum Gasteiger partial charge on any atom is -0.473 e. The van der Waals surface area contributed by atoms with Crippen molar-refractivity contribution < 1.29 is 9.15 Å². The maximum Gasteiger partial charge on any atom is 0.227 e. The summed E-state index contributed by atoms with van der Waals surface area (Å²) in [5.41, 5.74) is 10.3. The van der Waals surface area contributed by atoms with E-state index in [1.807, 2.05) is 23.7 Å². The van der Waals surface area contributed by atoms with E-state index in [0.717, 1.165) is 44.0 Å². The lowest BCUT2D eigenvalue weighted by Crippen LogP contribution is -1.98. The van der Waals surface area contributed by atoms with Crippen molar-refractivity contribution in [3.8, 4) is 17.2 Å². The number of aromatic nitrogens is 2. The first kappa shape index (κ1) is 18.0. The Balaban J connectivity index is 1.40. The predicted octanol–water partition coefficient (Wildman–Crippen LogP) is 7.21. The molecule has 0 fully saturated rings. The van der Waals surface area contributed by atoms with Gasteiger partial charge in [-0.15, -0.1) is 11.3 Å². The van der Waals surface area contributed by atoms with Gasteiger partial charge in [-0.05, 0) is 67.8 Å². The van der Waals surface area contributed by atoms with E-state index in [9.17, 15) is 0 Å². The molecule has 0 bridgehead atoms. The van der Waals surface area contributed by atoms with Gasteiger partial charge in [0.2, 0.25) is 5.89 Å². The van der Waals surface area contributed by atoms with Crippen LogP contribution in [0.3, 0.4) is 0 Å². The fraction of sp³-hybridized carbons (Fsp3) is 0.167. The molecule has 3 heterocycles. The molecule has 0 saturated heterocycles. The number of para-hydroxylation sites is 1. The summed E-state index contributed by atoms with van der Waals surface area (Å²) in [6.07, 6.45) is 0. The average molecular weight is 431 g/mol. The number of thioether (sulfide) groups is 1. The first-order valence-corrected chi connectivity index (χ1v) is 11.5. The third-order valence-electron chi connectivity index (χ3n) is 5.60. The van der Waals surface area contributed by atoms with Gasteiger partial charge in [0.1, 0.15) is 11.3 Å². The highest BCUT2D eigenvalue weighted by molar-refractivity contribution is 7.99. The van der Waals surface area contributed by atoms with Gasteiger partial charge in [0.25, 0.3) is 0 Å². The molecule has 4 nitrogen and oxygen atoms in total. The van der Waals surface area contributed by atoms with Crippen molar-refractivity contribution in [2.45, 2.75) is 31.1 Å². The molecule has 6 rings (SSSR count). The highest BCUT2D eigenvalue weighted by atomic mass is 32.2. The fourth-order valence-electron chi connectivity index (χ4n) is 4.02. The molecular formula is C24H18N2O2S2. The molecule has 2 aromatic heterocycles. The molecule has 3 aromatic carbocycles. The van der Waals surface area contributed by atoms with Crippen LogP contribution in [0.15, 0.2) is 57.3 Å². The molecule has 0 N–H and O–H groups in total. The van der Waals surface area contributed by atoms with Crippen LogP contribution in [0.4, 0.5) is 0 Å². The largest absolute Gasteiger partial charge is 0.473 e. The molecule has 0 spiro atoms. The summed E-state index contributed by atoms with van der Waals surface area (Å²) in [6, 6.07) is 14.5. The topological polar surface area (TPSA) is 48.2 Å². The Labute approximate surface area is 181 Å². The zero-order valence-electron chi connectivity index (χ0n) is 16.7. The Morgan fingerprint density at radius 3 is 2.73 bits per heavy atom. The SMILES string of the molecule is Cc1c(-c2nc3c(C)cccc3o2)ccc2c1SC(c1cc(C)c3ncsc3c1)O2. The Hall–Kier alpha value is -2.83. The van der Waals surface area contributed by atoms with Gasteiger partial charge in [-0.2, -0.15) is 0 Å². The minimum atomic E-state index is -0.0648. The average Bonchev–Trinajstić information content (AvgIpc) is 3.46. The number of hydrogen-bond acceptors (Lipinski definition) is 6. The van der Waals surface area contributed by atoms with Crippen LogP contribution < -0.4 is 4.74 Å². The summed E-state index contributed by atoms with van der Waals surface area (Å²) in [6.45, 7) is 6.28. The van der Waals surface area contributed by atoms with Gasteiger partial charge >= 0.3 is 0 Å². The normalized spacial score (nSPS) is 15.6. The zero-order valence-corrected chi connectivity index (χ0v) is 18.4. The molecule has 0 aliphatic carbocycles. The van der Waals surface area contributed by atoms with Crippen LogP contribution in [0.1, 0.15) is 27.7 Å². The van der Waals surface area contributed by atoms with Crippen molar-refractivity contribution in [3.63, 3.8) is 0 Å². The summed E-state index contributed by atoms with van der Waals surface area (Å²) in [5, 5.41) is 0. The van der Waals surface area contributed by atoms with Gasteiger partial charge in [0.15, 0.2) is 11.0 Å². The number of hydrogen-bond donors (Lipinski definition) is 0. The van der Waals surface area contributed by atoms with Gasteiger partial charge in [-0.3, -0.25) is 0 Å². The summed E-state index contributed by atoms with van der Waals surface area (Å²) in [5.74, 6) is 1.58. The third kappa shape index (κ3) is 2.67. The van der Waals surface area contributed by atoms with Gasteiger partial charge in [0.05, 0.1) is 20.6 Å². The van der Waals surface area contributed by atoms with E-state index in [2.05, 4.69) is 50.0 Å². The molecule has 0 saturated carbocycles. The number of benzene rings is 3. The molecule has 0 amide bonds. The Kier molecular flexibility index (Phi) is 3.95. The number of oxazole rings is 1. The molecule has 6 heteroatoms. The summed E-state index contributed by atoms with van der Waals surface area (Å²) >= 11 is 3.41. The highest BCUT2D eigenvalue weighted by Crippen LogP contribution is 2.52. The maximum atomic E-state index is 6.32. The van der Waals surface area contributed by atoms with Gasteiger partial charge in [0, 0.05) is 11.1 Å².